The Bertz CT molecular complexity index is 1540. The number of methoxy groups -OCH3 is 1. The Kier molecular flexibility index (Phi) is 4.59. The zero-order valence-corrected chi connectivity index (χ0v) is 18.6. The topological polar surface area (TPSA) is 51.8 Å². The van der Waals surface area contributed by atoms with Crippen molar-refractivity contribution in [2.75, 3.05) is 13.9 Å². The van der Waals surface area contributed by atoms with Gasteiger partial charge in [0.15, 0.2) is 17.7 Å². The second-order valence-electron chi connectivity index (χ2n) is 8.46. The van der Waals surface area contributed by atoms with Crippen LogP contribution in [0.4, 0.5) is 0 Å². The van der Waals surface area contributed by atoms with Crippen molar-refractivity contribution in [2.24, 2.45) is 7.05 Å². The average molecular weight is 439 g/mol. The Hall–Kier alpha value is -3.83. The van der Waals surface area contributed by atoms with Crippen molar-refractivity contribution in [3.8, 4) is 17.2 Å². The number of aromatic nitrogens is 1. The molecule has 5 aromatic rings. The number of hydrogen-bond donors (Lipinski definition) is 1. The second kappa shape index (κ2) is 7.64. The van der Waals surface area contributed by atoms with E-state index in [-0.39, 0.29) is 13.4 Å². The summed E-state index contributed by atoms with van der Waals surface area (Å²) in [4.78, 5) is 0. The Labute approximate surface area is 191 Å². The number of rotatable bonds is 4. The van der Waals surface area contributed by atoms with Crippen LogP contribution in [0, 0.1) is 0 Å². The molecule has 0 fully saturated rings. The van der Waals surface area contributed by atoms with E-state index in [0.29, 0.717) is 5.75 Å². The maximum absolute atomic E-state index is 9.82. The summed E-state index contributed by atoms with van der Waals surface area (Å²) in [7, 11) is 3.70. The van der Waals surface area contributed by atoms with Crippen molar-refractivity contribution in [3.63, 3.8) is 0 Å². The van der Waals surface area contributed by atoms with Gasteiger partial charge < -0.3 is 19.3 Å². The molecule has 0 bridgehead atoms. The molecule has 0 saturated carbocycles. The Morgan fingerprint density at radius 1 is 0.848 bits per heavy atom. The average Bonchev–Trinajstić information content (AvgIpc) is 3.30. The predicted octanol–water partition coefficient (Wildman–Crippen LogP) is 4.79. The molecule has 0 spiro atoms. The van der Waals surface area contributed by atoms with Crippen LogP contribution < -0.4 is 18.8 Å². The van der Waals surface area contributed by atoms with Crippen LogP contribution in [0.15, 0.2) is 66.9 Å². The van der Waals surface area contributed by atoms with Gasteiger partial charge in [-0.3, -0.25) is 0 Å². The van der Waals surface area contributed by atoms with Gasteiger partial charge in [-0.1, -0.05) is 42.5 Å². The molecule has 0 aliphatic carbocycles. The molecular weight excluding hydrogens is 414 g/mol. The quantitative estimate of drug-likeness (QED) is 0.324. The molecule has 164 valence electrons. The molecule has 0 saturated heterocycles. The summed E-state index contributed by atoms with van der Waals surface area (Å²) < 4.78 is 19.3. The van der Waals surface area contributed by atoms with E-state index in [4.69, 9.17) is 14.2 Å². The van der Waals surface area contributed by atoms with Gasteiger partial charge in [-0.2, -0.15) is 4.57 Å². The number of aliphatic hydroxyl groups is 1. The normalized spacial score (nSPS) is 12.7. The minimum Gasteiger partial charge on any atom is -0.495 e. The van der Waals surface area contributed by atoms with Gasteiger partial charge in [0.25, 0.3) is 0 Å². The molecule has 5 heteroatoms. The van der Waals surface area contributed by atoms with Crippen molar-refractivity contribution < 1.29 is 23.9 Å². The van der Waals surface area contributed by atoms with Crippen LogP contribution in [0.25, 0.3) is 32.4 Å². The first-order valence-corrected chi connectivity index (χ1v) is 11.0. The fourth-order valence-corrected chi connectivity index (χ4v) is 5.05. The molecule has 0 unspecified atom stereocenters. The standard InChI is InChI=1S/C28H24NO4/c1-29-14-24-20(9-8-18(15-30)28(24)31-2)22-11-19(10-17-6-4-3-5-7-17)21-12-25-26(33-16-32-25)13-23(21)27(22)29/h3-9,11-14,30H,10,15-16H2,1-2H3/q+1. The van der Waals surface area contributed by atoms with Crippen molar-refractivity contribution in [1.29, 1.82) is 0 Å². The number of aliphatic hydroxyl groups excluding tert-OH is 1. The lowest BCUT2D eigenvalue weighted by molar-refractivity contribution is -0.642. The second-order valence-corrected chi connectivity index (χ2v) is 8.46. The molecule has 0 atom stereocenters. The van der Waals surface area contributed by atoms with Gasteiger partial charge in [-0.25, -0.2) is 0 Å². The maximum Gasteiger partial charge on any atom is 0.231 e. The van der Waals surface area contributed by atoms with Gasteiger partial charge in [0.1, 0.15) is 12.8 Å². The monoisotopic (exact) mass is 438 g/mol. The fourth-order valence-electron chi connectivity index (χ4n) is 5.05. The van der Waals surface area contributed by atoms with Gasteiger partial charge in [0.2, 0.25) is 12.3 Å². The zero-order chi connectivity index (χ0) is 22.5. The lowest BCUT2D eigenvalue weighted by Gasteiger charge is -2.14. The van der Waals surface area contributed by atoms with Gasteiger partial charge in [0, 0.05) is 10.9 Å². The summed E-state index contributed by atoms with van der Waals surface area (Å²) in [5.74, 6) is 2.27. The van der Waals surface area contributed by atoms with Crippen LogP contribution in [-0.2, 0) is 20.1 Å². The molecule has 1 aliphatic heterocycles. The Morgan fingerprint density at radius 3 is 2.30 bits per heavy atom. The van der Waals surface area contributed by atoms with E-state index in [9.17, 15) is 5.11 Å². The summed E-state index contributed by atoms with van der Waals surface area (Å²) in [5, 5.41) is 15.3. The Balaban J connectivity index is 1.74. The van der Waals surface area contributed by atoms with E-state index in [1.165, 1.54) is 11.1 Å². The molecular formula is C28H24NO4+. The van der Waals surface area contributed by atoms with E-state index in [0.717, 1.165) is 55.9 Å². The smallest absolute Gasteiger partial charge is 0.231 e. The van der Waals surface area contributed by atoms with Crippen molar-refractivity contribution in [2.45, 2.75) is 13.0 Å². The molecule has 33 heavy (non-hydrogen) atoms. The lowest BCUT2D eigenvalue weighted by atomic mass is 9.92. The third kappa shape index (κ3) is 3.08. The third-order valence-corrected chi connectivity index (χ3v) is 6.54. The first kappa shape index (κ1) is 19.8. The molecule has 4 aromatic carbocycles. The number of benzene rings is 4. The SMILES string of the molecule is COc1c(CO)ccc2c1c[n+](C)c1c3cc4c(cc3c(Cc3ccccc3)cc21)OCO4. The summed E-state index contributed by atoms with van der Waals surface area (Å²) in [6.45, 7) is 0.176. The number of nitrogens with zero attached hydrogens (tertiary/aromatic N) is 1. The highest BCUT2D eigenvalue weighted by Crippen LogP contribution is 2.42. The van der Waals surface area contributed by atoms with Gasteiger partial charge in [-0.15, -0.1) is 0 Å². The summed E-state index contributed by atoms with van der Waals surface area (Å²) >= 11 is 0. The number of pyridine rings is 1. The first-order chi connectivity index (χ1) is 16.2. The highest BCUT2D eigenvalue weighted by molar-refractivity contribution is 6.16. The highest BCUT2D eigenvalue weighted by Gasteiger charge is 2.24. The minimum atomic E-state index is -0.0681. The molecule has 5 nitrogen and oxygen atoms in total. The van der Waals surface area contributed by atoms with E-state index < -0.39 is 0 Å². The molecule has 6 rings (SSSR count). The largest absolute Gasteiger partial charge is 0.495 e. The third-order valence-electron chi connectivity index (χ3n) is 6.54. The summed E-state index contributed by atoms with van der Waals surface area (Å²) in [5.41, 5.74) is 4.37. The van der Waals surface area contributed by atoms with Crippen molar-refractivity contribution in [1.82, 2.24) is 0 Å². The summed E-state index contributed by atoms with van der Waals surface area (Å²) in [6.07, 6.45) is 2.88. The van der Waals surface area contributed by atoms with Gasteiger partial charge in [-0.05, 0) is 41.1 Å². The van der Waals surface area contributed by atoms with E-state index >= 15 is 0 Å². The zero-order valence-electron chi connectivity index (χ0n) is 18.6. The van der Waals surface area contributed by atoms with Gasteiger partial charge >= 0.3 is 0 Å². The van der Waals surface area contributed by atoms with Crippen LogP contribution in [0.3, 0.4) is 0 Å². The van der Waals surface area contributed by atoms with Crippen LogP contribution in [0.2, 0.25) is 0 Å². The van der Waals surface area contributed by atoms with Crippen molar-refractivity contribution >= 4 is 32.4 Å². The first-order valence-electron chi connectivity index (χ1n) is 11.0. The van der Waals surface area contributed by atoms with Crippen LogP contribution in [-0.4, -0.2) is 19.0 Å². The van der Waals surface area contributed by atoms with Crippen LogP contribution >= 0.6 is 0 Å². The van der Waals surface area contributed by atoms with E-state index in [2.05, 4.69) is 59.3 Å². The Morgan fingerprint density at radius 2 is 1.58 bits per heavy atom. The van der Waals surface area contributed by atoms with E-state index in [1.54, 1.807) is 7.11 Å². The van der Waals surface area contributed by atoms with Crippen LogP contribution in [0.5, 0.6) is 17.2 Å². The number of ether oxygens (including phenoxy) is 3. The molecule has 2 heterocycles. The minimum absolute atomic E-state index is 0.0681. The molecule has 1 N–H and O–H groups in total. The maximum atomic E-state index is 9.82. The number of aryl methyl sites for hydroxylation is 1. The van der Waals surface area contributed by atoms with E-state index in [1.807, 2.05) is 19.2 Å². The lowest BCUT2D eigenvalue weighted by Crippen LogP contribution is -2.29. The predicted molar refractivity (Wildman–Crippen MR) is 128 cm³/mol. The number of fused-ring (bicyclic) bond motifs is 6. The molecule has 0 radical (unpaired) electrons. The molecule has 1 aliphatic rings. The highest BCUT2D eigenvalue weighted by atomic mass is 16.7. The number of hydrogen-bond acceptors (Lipinski definition) is 4. The molecule has 0 amide bonds. The van der Waals surface area contributed by atoms with Crippen LogP contribution in [0.1, 0.15) is 16.7 Å². The summed E-state index contributed by atoms with van der Waals surface area (Å²) in [6, 6.07) is 21.0. The fraction of sp³-hybridized carbons (Fsp3) is 0.179. The van der Waals surface area contributed by atoms with Gasteiger partial charge in [0.05, 0.1) is 29.9 Å². The van der Waals surface area contributed by atoms with Crippen molar-refractivity contribution in [3.05, 3.63) is 83.6 Å². The molecule has 1 aromatic heterocycles.